The summed E-state index contributed by atoms with van der Waals surface area (Å²) >= 11 is 0. The Morgan fingerprint density at radius 1 is 0.583 bits per heavy atom. The van der Waals surface area contributed by atoms with Gasteiger partial charge in [-0.05, 0) is 32.1 Å². The zero-order valence-corrected chi connectivity index (χ0v) is 24.7. The van der Waals surface area contributed by atoms with E-state index in [1.807, 2.05) is 0 Å². The number of ether oxygens (including phenoxy) is 1. The highest BCUT2D eigenvalue weighted by Gasteiger charge is 2.11. The average molecular weight is 504 g/mol. The van der Waals surface area contributed by atoms with Crippen LogP contribution >= 0.6 is 0 Å². The van der Waals surface area contributed by atoms with Gasteiger partial charge in [0, 0.05) is 12.5 Å². The van der Waals surface area contributed by atoms with E-state index in [1.165, 1.54) is 173 Å². The molecule has 1 aliphatic heterocycles. The largest absolute Gasteiger partial charge is 0.378 e. The smallest absolute Gasteiger partial charge is 0.0655 e. The summed E-state index contributed by atoms with van der Waals surface area (Å²) in [6.45, 7) is 3.25. The van der Waals surface area contributed by atoms with E-state index in [2.05, 4.69) is 13.0 Å². The fourth-order valence-electron chi connectivity index (χ4n) is 5.89. The lowest BCUT2D eigenvalue weighted by Gasteiger charge is -2.18. The summed E-state index contributed by atoms with van der Waals surface area (Å²) in [6.07, 6.45) is 39.6. The van der Waals surface area contributed by atoms with Crippen molar-refractivity contribution in [2.24, 2.45) is 5.92 Å². The van der Waals surface area contributed by atoms with E-state index in [0.717, 1.165) is 19.4 Å². The van der Waals surface area contributed by atoms with Crippen molar-refractivity contribution in [2.75, 3.05) is 6.61 Å². The molecule has 0 saturated carbocycles. The number of hydrogen-bond acceptors (Lipinski definition) is 2. The van der Waals surface area contributed by atoms with Crippen LogP contribution in [0.1, 0.15) is 193 Å². The molecule has 212 valence electrons. The minimum absolute atomic E-state index is 0.289. The zero-order valence-electron chi connectivity index (χ0n) is 24.7. The molecule has 1 saturated heterocycles. The van der Waals surface area contributed by atoms with E-state index < -0.39 is 0 Å². The highest BCUT2D eigenvalue weighted by Crippen LogP contribution is 2.21. The van der Waals surface area contributed by atoms with Gasteiger partial charge in [-0.15, -0.1) is 0 Å². The minimum atomic E-state index is 0.289. The predicted octanol–water partition coefficient (Wildman–Crippen LogP) is 11.9. The highest BCUT2D eigenvalue weighted by molar-refractivity contribution is 4.82. The Bertz CT molecular complexity index is 450. The molecule has 0 aliphatic carbocycles. The van der Waals surface area contributed by atoms with Crippen molar-refractivity contribution in [1.29, 1.82) is 5.26 Å². The molecule has 36 heavy (non-hydrogen) atoms. The molecule has 0 spiro atoms. The molecule has 0 N–H and O–H groups in total. The van der Waals surface area contributed by atoms with Crippen molar-refractivity contribution >= 4 is 0 Å². The molecular formula is C34H65NO. The molecule has 0 bridgehead atoms. The van der Waals surface area contributed by atoms with Crippen LogP contribution in [-0.4, -0.2) is 12.7 Å². The fourth-order valence-corrected chi connectivity index (χ4v) is 5.89. The molecular weight excluding hydrogens is 438 g/mol. The molecule has 1 aliphatic rings. The lowest BCUT2D eigenvalue weighted by Crippen LogP contribution is -2.14. The van der Waals surface area contributed by atoms with Gasteiger partial charge in [0.2, 0.25) is 0 Å². The third-order valence-electron chi connectivity index (χ3n) is 8.44. The molecule has 0 radical (unpaired) electrons. The minimum Gasteiger partial charge on any atom is -0.378 e. The van der Waals surface area contributed by atoms with E-state index >= 15 is 0 Å². The lowest BCUT2D eigenvalue weighted by molar-refractivity contribution is 0.0357. The molecule has 0 aromatic rings. The van der Waals surface area contributed by atoms with Crippen molar-refractivity contribution in [3.63, 3.8) is 0 Å². The van der Waals surface area contributed by atoms with E-state index in [0.29, 0.717) is 6.10 Å². The predicted molar refractivity (Wildman–Crippen MR) is 158 cm³/mol. The van der Waals surface area contributed by atoms with Gasteiger partial charge in [0.1, 0.15) is 0 Å². The van der Waals surface area contributed by atoms with Crippen molar-refractivity contribution in [3.8, 4) is 6.07 Å². The van der Waals surface area contributed by atoms with Crippen molar-refractivity contribution in [2.45, 2.75) is 199 Å². The summed E-state index contributed by atoms with van der Waals surface area (Å²) in [6, 6.07) is 2.60. The third kappa shape index (κ3) is 22.6. The Morgan fingerprint density at radius 3 is 1.56 bits per heavy atom. The summed E-state index contributed by atoms with van der Waals surface area (Å²) in [5.74, 6) is 0.289. The second kappa shape index (κ2) is 27.5. The van der Waals surface area contributed by atoms with Crippen LogP contribution in [0, 0.1) is 17.2 Å². The Hall–Kier alpha value is -0.550. The second-order valence-corrected chi connectivity index (χ2v) is 12.0. The first-order valence-corrected chi connectivity index (χ1v) is 16.9. The monoisotopic (exact) mass is 504 g/mol. The van der Waals surface area contributed by atoms with Gasteiger partial charge < -0.3 is 4.74 Å². The van der Waals surface area contributed by atoms with E-state index in [4.69, 9.17) is 4.74 Å². The van der Waals surface area contributed by atoms with Gasteiger partial charge in [0.05, 0.1) is 12.2 Å². The Labute approximate surface area is 227 Å². The van der Waals surface area contributed by atoms with E-state index in [9.17, 15) is 5.26 Å². The number of unbranched alkanes of at least 4 members (excludes halogenated alkanes) is 8. The normalized spacial score (nSPS) is 21.1. The van der Waals surface area contributed by atoms with Crippen LogP contribution in [0.3, 0.4) is 0 Å². The van der Waals surface area contributed by atoms with Gasteiger partial charge in [-0.2, -0.15) is 5.26 Å². The Morgan fingerprint density at radius 2 is 1.03 bits per heavy atom. The molecule has 0 aromatic carbocycles. The molecule has 1 heterocycles. The number of nitriles is 1. The second-order valence-electron chi connectivity index (χ2n) is 12.0. The zero-order chi connectivity index (χ0) is 25.8. The highest BCUT2D eigenvalue weighted by atomic mass is 16.5. The molecule has 2 unspecified atom stereocenters. The van der Waals surface area contributed by atoms with Gasteiger partial charge >= 0.3 is 0 Å². The summed E-state index contributed by atoms with van der Waals surface area (Å²) in [4.78, 5) is 0. The van der Waals surface area contributed by atoms with Crippen LogP contribution in [-0.2, 0) is 4.74 Å². The van der Waals surface area contributed by atoms with Gasteiger partial charge in [0.25, 0.3) is 0 Å². The van der Waals surface area contributed by atoms with Gasteiger partial charge in [-0.25, -0.2) is 0 Å². The van der Waals surface area contributed by atoms with Crippen LogP contribution in [0.15, 0.2) is 0 Å². The molecule has 2 heteroatoms. The summed E-state index contributed by atoms with van der Waals surface area (Å²) < 4.78 is 6.40. The Balaban J connectivity index is 2.18. The standard InChI is InChI=1S/C34H65NO/c1-2-3-4-5-15-18-22-27-33(32-35)28-23-21-25-30-34-29-24-19-16-13-11-9-7-6-8-10-12-14-17-20-26-31-36-34/h33-34H,2-31H2,1H3. The van der Waals surface area contributed by atoms with Gasteiger partial charge in [-0.3, -0.25) is 0 Å². The first-order chi connectivity index (χ1) is 17.9. The van der Waals surface area contributed by atoms with Crippen LogP contribution in [0.5, 0.6) is 0 Å². The number of rotatable bonds is 14. The Kier molecular flexibility index (Phi) is 25.6. The molecule has 2 nitrogen and oxygen atoms in total. The molecule has 1 rings (SSSR count). The van der Waals surface area contributed by atoms with E-state index in [1.54, 1.807) is 0 Å². The van der Waals surface area contributed by atoms with Crippen molar-refractivity contribution in [3.05, 3.63) is 0 Å². The van der Waals surface area contributed by atoms with Gasteiger partial charge in [-0.1, -0.05) is 161 Å². The van der Waals surface area contributed by atoms with Crippen molar-refractivity contribution in [1.82, 2.24) is 0 Å². The van der Waals surface area contributed by atoms with Crippen LogP contribution < -0.4 is 0 Å². The number of hydrogen-bond donors (Lipinski definition) is 0. The van der Waals surface area contributed by atoms with Gasteiger partial charge in [0.15, 0.2) is 0 Å². The fraction of sp³-hybridized carbons (Fsp3) is 0.971. The summed E-state index contributed by atoms with van der Waals surface area (Å²) in [7, 11) is 0. The topological polar surface area (TPSA) is 33.0 Å². The SMILES string of the molecule is CCCCCCCCCC(C#N)CCCCCC1CCCCCCCCCCCCCCCCCO1. The maximum absolute atomic E-state index is 9.55. The third-order valence-corrected chi connectivity index (χ3v) is 8.44. The lowest BCUT2D eigenvalue weighted by atomic mass is 9.95. The number of nitrogens with zero attached hydrogens (tertiary/aromatic N) is 1. The summed E-state index contributed by atoms with van der Waals surface area (Å²) in [5, 5.41) is 9.55. The summed E-state index contributed by atoms with van der Waals surface area (Å²) in [5.41, 5.74) is 0. The van der Waals surface area contributed by atoms with Crippen molar-refractivity contribution < 1.29 is 4.74 Å². The quantitative estimate of drug-likeness (QED) is 0.221. The molecule has 0 aromatic heterocycles. The first kappa shape index (κ1) is 33.5. The van der Waals surface area contributed by atoms with Crippen LogP contribution in [0.25, 0.3) is 0 Å². The van der Waals surface area contributed by atoms with E-state index in [-0.39, 0.29) is 5.92 Å². The average Bonchev–Trinajstić information content (AvgIpc) is 2.89. The molecule has 2 atom stereocenters. The molecule has 0 amide bonds. The van der Waals surface area contributed by atoms with Crippen LogP contribution in [0.4, 0.5) is 0 Å². The maximum atomic E-state index is 9.55. The van der Waals surface area contributed by atoms with Crippen LogP contribution in [0.2, 0.25) is 0 Å². The molecule has 1 fully saturated rings. The first-order valence-electron chi connectivity index (χ1n) is 16.9. The maximum Gasteiger partial charge on any atom is 0.0655 e.